The predicted molar refractivity (Wildman–Crippen MR) is 102 cm³/mol. The summed E-state index contributed by atoms with van der Waals surface area (Å²) in [4.78, 5) is 0. The number of fused-ring (bicyclic) bond motifs is 1. The summed E-state index contributed by atoms with van der Waals surface area (Å²) in [5, 5.41) is 0.0411. The van der Waals surface area contributed by atoms with Crippen LogP contribution in [0.25, 0.3) is 10.9 Å². The van der Waals surface area contributed by atoms with Crippen molar-refractivity contribution >= 4 is 21.9 Å². The van der Waals surface area contributed by atoms with Crippen LogP contribution in [0.2, 0.25) is 0 Å². The second-order valence-corrected chi connectivity index (χ2v) is 10.3. The van der Waals surface area contributed by atoms with Crippen LogP contribution in [-0.4, -0.2) is 19.7 Å². The van der Waals surface area contributed by atoms with E-state index in [1.807, 2.05) is 13.8 Å². The third-order valence-corrected chi connectivity index (χ3v) is 5.78. The topological polar surface area (TPSA) is 34.0 Å². The Morgan fingerprint density at radius 2 is 1.66 bits per heavy atom. The van der Waals surface area contributed by atoms with E-state index in [9.17, 15) is 30.6 Å². The van der Waals surface area contributed by atoms with Crippen molar-refractivity contribution < 1.29 is 30.6 Å². The molecule has 1 aromatic heterocycles. The Balaban J connectivity index is 2.69. The molecule has 0 unspecified atom stereocenters. The molecule has 0 saturated carbocycles. The summed E-state index contributed by atoms with van der Waals surface area (Å²) >= 11 is 0. The van der Waals surface area contributed by atoms with Crippen LogP contribution >= 0.6 is 0 Å². The van der Waals surface area contributed by atoms with E-state index in [1.54, 1.807) is 0 Å². The van der Waals surface area contributed by atoms with Crippen molar-refractivity contribution in [2.75, 3.05) is 0 Å². The van der Waals surface area contributed by atoms with Crippen LogP contribution < -0.4 is 4.72 Å². The monoisotopic (exact) mass is 442 g/mol. The van der Waals surface area contributed by atoms with Crippen LogP contribution in [0.4, 0.5) is 26.3 Å². The Labute approximate surface area is 168 Å². The Kier molecular flexibility index (Phi) is 6.50. The summed E-state index contributed by atoms with van der Waals surface area (Å²) in [6.07, 6.45) is -8.20. The SMILES string of the molecule is CC(C)Cn1cc([C@H](N[S@@](=O)C(C)(C)C)C(F)(F)F)c2ccc(C(F)(F)F)cc21. The van der Waals surface area contributed by atoms with E-state index in [0.29, 0.717) is 0 Å². The van der Waals surface area contributed by atoms with Gasteiger partial charge in [-0.3, -0.25) is 0 Å². The number of halogens is 6. The zero-order chi connectivity index (χ0) is 22.4. The van der Waals surface area contributed by atoms with Gasteiger partial charge >= 0.3 is 12.4 Å². The fourth-order valence-electron chi connectivity index (χ4n) is 2.86. The maximum Gasteiger partial charge on any atom is 0.416 e. The number of nitrogens with one attached hydrogen (secondary N) is 1. The molecule has 1 heterocycles. The molecule has 0 bridgehead atoms. The van der Waals surface area contributed by atoms with Crippen LogP contribution in [-0.2, 0) is 23.7 Å². The maximum absolute atomic E-state index is 13.8. The van der Waals surface area contributed by atoms with Gasteiger partial charge in [-0.25, -0.2) is 8.93 Å². The molecule has 0 aliphatic heterocycles. The minimum Gasteiger partial charge on any atom is -0.347 e. The molecule has 0 amide bonds. The lowest BCUT2D eigenvalue weighted by molar-refractivity contribution is -0.152. The van der Waals surface area contributed by atoms with E-state index in [2.05, 4.69) is 4.72 Å². The van der Waals surface area contributed by atoms with E-state index in [4.69, 9.17) is 0 Å². The molecular weight excluding hydrogens is 418 g/mol. The van der Waals surface area contributed by atoms with Gasteiger partial charge in [0, 0.05) is 29.2 Å². The minimum absolute atomic E-state index is 0.00556. The van der Waals surface area contributed by atoms with Gasteiger partial charge < -0.3 is 4.57 Å². The highest BCUT2D eigenvalue weighted by molar-refractivity contribution is 7.84. The van der Waals surface area contributed by atoms with Crippen molar-refractivity contribution in [3.8, 4) is 0 Å². The third kappa shape index (κ3) is 5.53. The lowest BCUT2D eigenvalue weighted by Crippen LogP contribution is -2.41. The maximum atomic E-state index is 13.8. The zero-order valence-corrected chi connectivity index (χ0v) is 17.5. The van der Waals surface area contributed by atoms with Crippen LogP contribution in [0.1, 0.15) is 51.8 Å². The number of benzene rings is 1. The quantitative estimate of drug-likeness (QED) is 0.569. The Bertz CT molecular complexity index is 893. The van der Waals surface area contributed by atoms with Crippen LogP contribution in [0.15, 0.2) is 24.4 Å². The Morgan fingerprint density at radius 1 is 1.07 bits per heavy atom. The molecule has 0 radical (unpaired) electrons. The summed E-state index contributed by atoms with van der Waals surface area (Å²) in [7, 11) is -2.04. The fraction of sp³-hybridized carbons (Fsp3) is 0.579. The van der Waals surface area contributed by atoms with Gasteiger partial charge in [0.15, 0.2) is 0 Å². The third-order valence-electron chi connectivity index (χ3n) is 4.22. The second kappa shape index (κ2) is 7.94. The standard InChI is InChI=1S/C19H24F6N2OS/c1-11(2)9-27-10-14(13-7-6-12(8-15(13)27)18(20,21)22)16(19(23,24)25)26-29(28)17(3,4)5/h6-8,10-11,16,26H,9H2,1-5H3/t16-,29-/m0/s1. The highest BCUT2D eigenvalue weighted by atomic mass is 32.2. The molecule has 29 heavy (non-hydrogen) atoms. The normalized spacial score (nSPS) is 15.9. The minimum atomic E-state index is -4.79. The molecule has 2 rings (SSSR count). The van der Waals surface area contributed by atoms with E-state index < -0.39 is 39.7 Å². The van der Waals surface area contributed by atoms with Gasteiger partial charge in [-0.05, 0) is 38.8 Å². The summed E-state index contributed by atoms with van der Waals surface area (Å²) in [5.74, 6) is -0.00556. The molecule has 0 spiro atoms. The first-order valence-electron chi connectivity index (χ1n) is 8.96. The number of alkyl halides is 6. The second-order valence-electron chi connectivity index (χ2n) is 8.33. The number of hydrogen-bond donors (Lipinski definition) is 1. The molecule has 2 aromatic rings. The zero-order valence-electron chi connectivity index (χ0n) is 16.7. The lowest BCUT2D eigenvalue weighted by atomic mass is 10.0. The van der Waals surface area contributed by atoms with Gasteiger partial charge in [-0.2, -0.15) is 26.3 Å². The predicted octanol–water partition coefficient (Wildman–Crippen LogP) is 5.97. The fourth-order valence-corrected chi connectivity index (χ4v) is 3.69. The highest BCUT2D eigenvalue weighted by Crippen LogP contribution is 2.40. The molecule has 0 fully saturated rings. The van der Waals surface area contributed by atoms with Crippen molar-refractivity contribution in [3.63, 3.8) is 0 Å². The summed E-state index contributed by atoms with van der Waals surface area (Å²) < 4.78 is 95.8. The molecule has 1 aromatic carbocycles. The van der Waals surface area contributed by atoms with E-state index in [0.717, 1.165) is 18.2 Å². The van der Waals surface area contributed by atoms with E-state index in [1.165, 1.54) is 31.5 Å². The number of hydrogen-bond acceptors (Lipinski definition) is 1. The molecule has 10 heteroatoms. The van der Waals surface area contributed by atoms with Crippen molar-refractivity contribution in [2.24, 2.45) is 5.92 Å². The lowest BCUT2D eigenvalue weighted by Gasteiger charge is -2.25. The number of rotatable bonds is 5. The molecule has 0 saturated heterocycles. The summed E-state index contributed by atoms with van der Waals surface area (Å²) in [6, 6.07) is 0.384. The highest BCUT2D eigenvalue weighted by Gasteiger charge is 2.44. The van der Waals surface area contributed by atoms with E-state index in [-0.39, 0.29) is 28.9 Å². The van der Waals surface area contributed by atoms with Gasteiger partial charge in [0.2, 0.25) is 0 Å². The first-order valence-corrected chi connectivity index (χ1v) is 10.1. The molecule has 0 aliphatic rings. The first-order chi connectivity index (χ1) is 13.0. The average molecular weight is 442 g/mol. The van der Waals surface area contributed by atoms with Crippen LogP contribution in [0.3, 0.4) is 0 Å². The van der Waals surface area contributed by atoms with Crippen molar-refractivity contribution in [1.82, 2.24) is 9.29 Å². The van der Waals surface area contributed by atoms with Gasteiger partial charge in [0.1, 0.15) is 6.04 Å². The Morgan fingerprint density at radius 3 is 2.10 bits per heavy atom. The molecular formula is C19H24F6N2OS. The van der Waals surface area contributed by atoms with Crippen molar-refractivity contribution in [2.45, 2.75) is 64.3 Å². The number of nitrogens with zero attached hydrogens (tertiary/aromatic N) is 1. The molecule has 0 aliphatic carbocycles. The van der Waals surface area contributed by atoms with Gasteiger partial charge in [-0.1, -0.05) is 19.9 Å². The van der Waals surface area contributed by atoms with Crippen molar-refractivity contribution in [1.29, 1.82) is 0 Å². The molecule has 3 nitrogen and oxygen atoms in total. The van der Waals surface area contributed by atoms with Gasteiger partial charge in [0.25, 0.3) is 0 Å². The van der Waals surface area contributed by atoms with Crippen LogP contribution in [0, 0.1) is 5.92 Å². The van der Waals surface area contributed by atoms with Gasteiger partial charge in [-0.15, -0.1) is 0 Å². The summed E-state index contributed by atoms with van der Waals surface area (Å²) in [6.45, 7) is 8.45. The van der Waals surface area contributed by atoms with Gasteiger partial charge in [0.05, 0.1) is 21.3 Å². The number of aromatic nitrogens is 1. The van der Waals surface area contributed by atoms with Crippen LogP contribution in [0.5, 0.6) is 0 Å². The van der Waals surface area contributed by atoms with E-state index >= 15 is 0 Å². The Hall–Kier alpha value is -1.55. The molecule has 1 N–H and O–H groups in total. The molecule has 2 atom stereocenters. The largest absolute Gasteiger partial charge is 0.416 e. The first kappa shape index (κ1) is 23.7. The summed E-state index contributed by atoms with van der Waals surface area (Å²) in [5.41, 5.74) is -1.13. The van der Waals surface area contributed by atoms with Crippen molar-refractivity contribution in [3.05, 3.63) is 35.5 Å². The molecule has 164 valence electrons. The average Bonchev–Trinajstić information content (AvgIpc) is 2.86. The smallest absolute Gasteiger partial charge is 0.347 e.